The number of hydrogen-bond donors (Lipinski definition) is 2. The number of aromatic hydroxyl groups is 1. The summed E-state index contributed by atoms with van der Waals surface area (Å²) in [5, 5.41) is 12.7. The zero-order valence-corrected chi connectivity index (χ0v) is 9.45. The average Bonchev–Trinajstić information content (AvgIpc) is 2.33. The summed E-state index contributed by atoms with van der Waals surface area (Å²) in [6, 6.07) is 3.43. The minimum Gasteiger partial charge on any atom is -0.507 e. The number of halogens is 1. The van der Waals surface area contributed by atoms with Crippen LogP contribution in [0.1, 0.15) is 10.4 Å². The molecule has 2 rings (SSSR count). The Bertz CT molecular complexity index is 417. The van der Waals surface area contributed by atoms with Crippen molar-refractivity contribution in [2.75, 3.05) is 32.7 Å². The number of phenols is 1. The van der Waals surface area contributed by atoms with E-state index >= 15 is 0 Å². The quantitative estimate of drug-likeness (QED) is 0.758. The van der Waals surface area contributed by atoms with Gasteiger partial charge in [0.2, 0.25) is 0 Å². The number of hydrogen-bond acceptors (Lipinski definition) is 4. The molecule has 0 bridgehead atoms. The molecule has 2 N–H and O–H groups in total. The maximum absolute atomic E-state index is 13.0. The minimum atomic E-state index is -0.508. The molecule has 17 heavy (non-hydrogen) atoms. The number of nitrogens with one attached hydrogen (secondary N) is 1. The lowest BCUT2D eigenvalue weighted by Crippen LogP contribution is -2.45. The van der Waals surface area contributed by atoms with E-state index < -0.39 is 5.82 Å². The summed E-state index contributed by atoms with van der Waals surface area (Å²) in [6.45, 7) is 3.51. The SMILES string of the molecule is O=C(CN1CCNCC1)c1cc(F)ccc1O. The van der Waals surface area contributed by atoms with Gasteiger partial charge in [-0.1, -0.05) is 0 Å². The lowest BCUT2D eigenvalue weighted by molar-refractivity contribution is 0.0918. The first kappa shape index (κ1) is 12.0. The molecular formula is C12H15FN2O2. The smallest absolute Gasteiger partial charge is 0.180 e. The largest absolute Gasteiger partial charge is 0.507 e. The van der Waals surface area contributed by atoms with Crippen LogP contribution in [0, 0.1) is 5.82 Å². The van der Waals surface area contributed by atoms with Crippen LogP contribution in [0.4, 0.5) is 4.39 Å². The predicted molar refractivity (Wildman–Crippen MR) is 61.7 cm³/mol. The second-order valence-corrected chi connectivity index (χ2v) is 4.11. The van der Waals surface area contributed by atoms with Gasteiger partial charge >= 0.3 is 0 Å². The third kappa shape index (κ3) is 3.01. The molecule has 0 aromatic heterocycles. The second-order valence-electron chi connectivity index (χ2n) is 4.11. The molecule has 0 spiro atoms. The van der Waals surface area contributed by atoms with Crippen LogP contribution in [-0.4, -0.2) is 48.5 Å². The average molecular weight is 238 g/mol. The van der Waals surface area contributed by atoms with Gasteiger partial charge in [0, 0.05) is 26.2 Å². The van der Waals surface area contributed by atoms with Gasteiger partial charge in [-0.2, -0.15) is 0 Å². The highest BCUT2D eigenvalue weighted by molar-refractivity contribution is 6.00. The first-order valence-corrected chi connectivity index (χ1v) is 5.61. The standard InChI is InChI=1S/C12H15FN2O2/c13-9-1-2-11(16)10(7-9)12(17)8-15-5-3-14-4-6-15/h1-2,7,14,16H,3-6,8H2. The summed E-state index contributed by atoms with van der Waals surface area (Å²) in [5.74, 6) is -0.915. The summed E-state index contributed by atoms with van der Waals surface area (Å²) < 4.78 is 13.0. The summed E-state index contributed by atoms with van der Waals surface area (Å²) in [5.41, 5.74) is 0.0588. The molecule has 5 heteroatoms. The molecular weight excluding hydrogens is 223 g/mol. The molecule has 0 radical (unpaired) electrons. The van der Waals surface area contributed by atoms with Gasteiger partial charge in [0.15, 0.2) is 5.78 Å². The molecule has 1 heterocycles. The van der Waals surface area contributed by atoms with Gasteiger partial charge in [0.25, 0.3) is 0 Å². The van der Waals surface area contributed by atoms with Crippen LogP contribution in [0.2, 0.25) is 0 Å². The predicted octanol–water partition coefficient (Wildman–Crippen LogP) is 0.619. The van der Waals surface area contributed by atoms with Gasteiger partial charge in [0.1, 0.15) is 11.6 Å². The molecule has 1 aliphatic heterocycles. The Labute approximate surface area is 99.0 Å². The number of benzene rings is 1. The van der Waals surface area contributed by atoms with Crippen molar-refractivity contribution >= 4 is 5.78 Å². The molecule has 1 fully saturated rings. The van der Waals surface area contributed by atoms with Crippen molar-refractivity contribution in [1.82, 2.24) is 10.2 Å². The number of rotatable bonds is 3. The maximum Gasteiger partial charge on any atom is 0.180 e. The molecule has 1 saturated heterocycles. The number of carbonyl (C=O) groups excluding carboxylic acids is 1. The molecule has 1 aromatic carbocycles. The van der Waals surface area contributed by atoms with Gasteiger partial charge in [-0.15, -0.1) is 0 Å². The Morgan fingerprint density at radius 1 is 1.41 bits per heavy atom. The molecule has 1 aliphatic rings. The highest BCUT2D eigenvalue weighted by atomic mass is 19.1. The third-order valence-corrected chi connectivity index (χ3v) is 2.84. The Hall–Kier alpha value is -1.46. The topological polar surface area (TPSA) is 52.6 Å². The van der Waals surface area contributed by atoms with Crippen molar-refractivity contribution in [1.29, 1.82) is 0 Å². The summed E-state index contributed by atoms with van der Waals surface area (Å²) in [4.78, 5) is 13.9. The first-order valence-electron chi connectivity index (χ1n) is 5.61. The summed E-state index contributed by atoms with van der Waals surface area (Å²) in [7, 11) is 0. The monoisotopic (exact) mass is 238 g/mol. The van der Waals surface area contributed by atoms with Crippen molar-refractivity contribution in [2.45, 2.75) is 0 Å². The van der Waals surface area contributed by atoms with E-state index in [1.807, 2.05) is 4.90 Å². The van der Waals surface area contributed by atoms with Crippen LogP contribution in [0.25, 0.3) is 0 Å². The van der Waals surface area contributed by atoms with Crippen LogP contribution < -0.4 is 5.32 Å². The highest BCUT2D eigenvalue weighted by Crippen LogP contribution is 2.18. The van der Waals surface area contributed by atoms with Crippen LogP contribution in [0.3, 0.4) is 0 Å². The number of carbonyl (C=O) groups is 1. The van der Waals surface area contributed by atoms with Crippen molar-refractivity contribution in [3.63, 3.8) is 0 Å². The minimum absolute atomic E-state index is 0.0588. The van der Waals surface area contributed by atoms with Gasteiger partial charge < -0.3 is 10.4 Å². The fraction of sp³-hybridized carbons (Fsp3) is 0.417. The van der Waals surface area contributed by atoms with E-state index in [4.69, 9.17) is 0 Å². The Balaban J connectivity index is 2.05. The van der Waals surface area contributed by atoms with Crippen LogP contribution in [0.15, 0.2) is 18.2 Å². The molecule has 4 nitrogen and oxygen atoms in total. The molecule has 0 amide bonds. The molecule has 0 saturated carbocycles. The third-order valence-electron chi connectivity index (χ3n) is 2.84. The van der Waals surface area contributed by atoms with Crippen molar-refractivity contribution in [3.8, 4) is 5.75 Å². The van der Waals surface area contributed by atoms with Gasteiger partial charge in [-0.25, -0.2) is 4.39 Å². The fourth-order valence-corrected chi connectivity index (χ4v) is 1.89. The normalized spacial score (nSPS) is 17.0. The molecule has 0 aliphatic carbocycles. The number of ketones is 1. The summed E-state index contributed by atoms with van der Waals surface area (Å²) >= 11 is 0. The molecule has 0 atom stereocenters. The Morgan fingerprint density at radius 3 is 2.82 bits per heavy atom. The zero-order valence-electron chi connectivity index (χ0n) is 9.45. The second kappa shape index (κ2) is 5.25. The number of piperazine rings is 1. The zero-order chi connectivity index (χ0) is 12.3. The number of nitrogens with zero attached hydrogens (tertiary/aromatic N) is 1. The van der Waals surface area contributed by atoms with Gasteiger partial charge in [0.05, 0.1) is 12.1 Å². The van der Waals surface area contributed by atoms with E-state index in [0.29, 0.717) is 0 Å². The Kier molecular flexibility index (Phi) is 3.71. The van der Waals surface area contributed by atoms with Gasteiger partial charge in [-0.3, -0.25) is 9.69 Å². The highest BCUT2D eigenvalue weighted by Gasteiger charge is 2.17. The molecule has 92 valence electrons. The van der Waals surface area contributed by atoms with E-state index in [1.165, 1.54) is 6.07 Å². The van der Waals surface area contributed by atoms with Crippen molar-refractivity contribution in [2.24, 2.45) is 0 Å². The van der Waals surface area contributed by atoms with E-state index in [0.717, 1.165) is 38.3 Å². The fourth-order valence-electron chi connectivity index (χ4n) is 1.89. The lowest BCUT2D eigenvalue weighted by Gasteiger charge is -2.26. The van der Waals surface area contributed by atoms with Gasteiger partial charge in [-0.05, 0) is 18.2 Å². The van der Waals surface area contributed by atoms with Crippen molar-refractivity contribution < 1.29 is 14.3 Å². The van der Waals surface area contributed by atoms with E-state index in [9.17, 15) is 14.3 Å². The van der Waals surface area contributed by atoms with E-state index in [-0.39, 0.29) is 23.6 Å². The molecule has 1 aromatic rings. The lowest BCUT2D eigenvalue weighted by atomic mass is 10.1. The van der Waals surface area contributed by atoms with Crippen LogP contribution in [0.5, 0.6) is 5.75 Å². The maximum atomic E-state index is 13.0. The van der Waals surface area contributed by atoms with Crippen LogP contribution in [-0.2, 0) is 0 Å². The first-order chi connectivity index (χ1) is 8.16. The van der Waals surface area contributed by atoms with Crippen molar-refractivity contribution in [3.05, 3.63) is 29.6 Å². The Morgan fingerprint density at radius 2 is 2.12 bits per heavy atom. The molecule has 0 unspecified atom stereocenters. The summed E-state index contributed by atoms with van der Waals surface area (Å²) in [6.07, 6.45) is 0. The van der Waals surface area contributed by atoms with E-state index in [1.54, 1.807) is 0 Å². The number of Topliss-reactive ketones (excluding diaryl/α,β-unsaturated/α-hetero) is 1. The van der Waals surface area contributed by atoms with E-state index in [2.05, 4.69) is 5.32 Å². The number of phenolic OH excluding ortho intramolecular Hbond substituents is 1. The van der Waals surface area contributed by atoms with Crippen LogP contribution >= 0.6 is 0 Å².